The highest BCUT2D eigenvalue weighted by Gasteiger charge is 2.32. The first-order valence-corrected chi connectivity index (χ1v) is 7.98. The summed E-state index contributed by atoms with van der Waals surface area (Å²) in [4.78, 5) is 23.2. The van der Waals surface area contributed by atoms with Gasteiger partial charge in [0, 0.05) is 25.0 Å². The molecule has 2 aromatic rings. The predicted octanol–water partition coefficient (Wildman–Crippen LogP) is 3.41. The normalized spacial score (nSPS) is 18.1. The third-order valence-electron chi connectivity index (χ3n) is 3.26. The van der Waals surface area contributed by atoms with E-state index in [-0.39, 0.29) is 11.7 Å². The molecule has 1 N–H and O–H groups in total. The van der Waals surface area contributed by atoms with Crippen LogP contribution < -0.4 is 0 Å². The quantitative estimate of drug-likeness (QED) is 0.878. The SMILES string of the molecule is CCN1C(=O)/C(=C/c2ccncc2)SC1=Nc1cccc(O)c1. The van der Waals surface area contributed by atoms with E-state index in [9.17, 15) is 9.90 Å². The van der Waals surface area contributed by atoms with Gasteiger partial charge in [-0.05, 0) is 54.6 Å². The molecule has 5 nitrogen and oxygen atoms in total. The molecule has 1 fully saturated rings. The lowest BCUT2D eigenvalue weighted by molar-refractivity contribution is -0.122. The number of thioether (sulfide) groups is 1. The minimum absolute atomic E-state index is 0.0618. The standard InChI is InChI=1S/C17H15N3O2S/c1-2-20-16(22)15(10-12-6-8-18-9-7-12)23-17(20)19-13-4-3-5-14(21)11-13/h3-11,21H,2H2,1H3/b15-10-,19-17?. The highest BCUT2D eigenvalue weighted by atomic mass is 32.2. The monoisotopic (exact) mass is 325 g/mol. The molecule has 1 amide bonds. The highest BCUT2D eigenvalue weighted by Crippen LogP contribution is 2.34. The number of carbonyl (C=O) groups is 1. The number of aromatic nitrogens is 1. The zero-order valence-corrected chi connectivity index (χ0v) is 13.3. The fourth-order valence-corrected chi connectivity index (χ4v) is 3.22. The summed E-state index contributed by atoms with van der Waals surface area (Å²) < 4.78 is 0. The number of hydrogen-bond donors (Lipinski definition) is 1. The molecule has 2 heterocycles. The second-order valence-electron chi connectivity index (χ2n) is 4.85. The molecule has 1 aromatic heterocycles. The maximum atomic E-state index is 12.5. The van der Waals surface area contributed by atoms with Gasteiger partial charge in [0.2, 0.25) is 0 Å². The Bertz CT molecular complexity index is 787. The maximum Gasteiger partial charge on any atom is 0.266 e. The van der Waals surface area contributed by atoms with E-state index in [4.69, 9.17) is 0 Å². The number of rotatable bonds is 3. The number of hydrogen-bond acceptors (Lipinski definition) is 5. The molecule has 0 aliphatic carbocycles. The Balaban J connectivity index is 1.93. The summed E-state index contributed by atoms with van der Waals surface area (Å²) in [6.07, 6.45) is 5.22. The van der Waals surface area contributed by atoms with E-state index < -0.39 is 0 Å². The fraction of sp³-hybridized carbons (Fsp3) is 0.118. The number of amidine groups is 1. The van der Waals surface area contributed by atoms with E-state index in [0.29, 0.717) is 22.3 Å². The molecule has 0 saturated carbocycles. The lowest BCUT2D eigenvalue weighted by Crippen LogP contribution is -2.28. The van der Waals surface area contributed by atoms with Gasteiger partial charge in [0.25, 0.3) is 5.91 Å². The Labute approximate surface area is 138 Å². The van der Waals surface area contributed by atoms with Crippen LogP contribution in [0.4, 0.5) is 5.69 Å². The topological polar surface area (TPSA) is 65.8 Å². The Morgan fingerprint density at radius 1 is 1.30 bits per heavy atom. The van der Waals surface area contributed by atoms with Crippen LogP contribution >= 0.6 is 11.8 Å². The summed E-state index contributed by atoms with van der Waals surface area (Å²) in [6.45, 7) is 2.45. The number of aliphatic imine (C=N–C) groups is 1. The molecule has 1 aliphatic heterocycles. The van der Waals surface area contributed by atoms with Crippen molar-refractivity contribution in [3.05, 3.63) is 59.3 Å². The summed E-state index contributed by atoms with van der Waals surface area (Å²) in [5.74, 6) is 0.0880. The zero-order valence-electron chi connectivity index (χ0n) is 12.5. The molecule has 1 aliphatic rings. The van der Waals surface area contributed by atoms with Crippen molar-refractivity contribution in [3.8, 4) is 5.75 Å². The number of phenolic OH excluding ortho intramolecular Hbond substituents is 1. The van der Waals surface area contributed by atoms with E-state index in [0.717, 1.165) is 5.56 Å². The Morgan fingerprint density at radius 2 is 2.09 bits per heavy atom. The van der Waals surface area contributed by atoms with Crippen LogP contribution in [0.5, 0.6) is 5.75 Å². The second-order valence-corrected chi connectivity index (χ2v) is 5.86. The van der Waals surface area contributed by atoms with E-state index in [1.54, 1.807) is 41.6 Å². The third-order valence-corrected chi connectivity index (χ3v) is 4.27. The molecule has 0 spiro atoms. The van der Waals surface area contributed by atoms with Crippen LogP contribution in [0.25, 0.3) is 6.08 Å². The van der Waals surface area contributed by atoms with Gasteiger partial charge < -0.3 is 5.11 Å². The first kappa shape index (κ1) is 15.3. The molecule has 116 valence electrons. The van der Waals surface area contributed by atoms with E-state index in [1.807, 2.05) is 25.1 Å². The van der Waals surface area contributed by atoms with Crippen LogP contribution in [0, 0.1) is 0 Å². The summed E-state index contributed by atoms with van der Waals surface area (Å²) >= 11 is 1.33. The molecule has 0 unspecified atom stereocenters. The van der Waals surface area contributed by atoms with Crippen LogP contribution in [0.15, 0.2) is 58.7 Å². The van der Waals surface area contributed by atoms with E-state index in [1.165, 1.54) is 11.8 Å². The van der Waals surface area contributed by atoms with Gasteiger partial charge >= 0.3 is 0 Å². The average molecular weight is 325 g/mol. The third kappa shape index (κ3) is 3.43. The molecular formula is C17H15N3O2S. The summed E-state index contributed by atoms with van der Waals surface area (Å²) in [5, 5.41) is 10.1. The van der Waals surface area contributed by atoms with Crippen molar-refractivity contribution >= 4 is 34.6 Å². The minimum atomic E-state index is -0.0618. The van der Waals surface area contributed by atoms with Crippen LogP contribution in [0.2, 0.25) is 0 Å². The molecule has 3 rings (SSSR count). The number of nitrogens with zero attached hydrogens (tertiary/aromatic N) is 3. The first-order valence-electron chi connectivity index (χ1n) is 7.16. The Hall–Kier alpha value is -2.60. The second kappa shape index (κ2) is 6.66. The zero-order chi connectivity index (χ0) is 16.2. The van der Waals surface area contributed by atoms with E-state index in [2.05, 4.69) is 9.98 Å². The average Bonchev–Trinajstić information content (AvgIpc) is 2.83. The Kier molecular flexibility index (Phi) is 4.43. The molecule has 0 bridgehead atoms. The highest BCUT2D eigenvalue weighted by molar-refractivity contribution is 8.18. The fourth-order valence-electron chi connectivity index (χ4n) is 2.15. The molecule has 1 saturated heterocycles. The summed E-state index contributed by atoms with van der Waals surface area (Å²) in [6, 6.07) is 10.4. The smallest absolute Gasteiger partial charge is 0.266 e. The Morgan fingerprint density at radius 3 is 2.78 bits per heavy atom. The van der Waals surface area contributed by atoms with Crippen molar-refractivity contribution in [1.82, 2.24) is 9.88 Å². The predicted molar refractivity (Wildman–Crippen MR) is 92.4 cm³/mol. The summed E-state index contributed by atoms with van der Waals surface area (Å²) in [5.41, 5.74) is 1.54. The van der Waals surface area contributed by atoms with Gasteiger partial charge in [-0.25, -0.2) is 4.99 Å². The van der Waals surface area contributed by atoms with Crippen molar-refractivity contribution < 1.29 is 9.90 Å². The lowest BCUT2D eigenvalue weighted by Gasteiger charge is -2.11. The number of amides is 1. The number of likely N-dealkylation sites (N-methyl/N-ethyl adjacent to an activating group) is 1. The minimum Gasteiger partial charge on any atom is -0.508 e. The number of carbonyl (C=O) groups excluding carboxylic acids is 1. The maximum absolute atomic E-state index is 12.5. The van der Waals surface area contributed by atoms with Crippen molar-refractivity contribution in [2.24, 2.45) is 4.99 Å². The van der Waals surface area contributed by atoms with Gasteiger partial charge in [0.05, 0.1) is 10.6 Å². The van der Waals surface area contributed by atoms with Crippen molar-refractivity contribution in [2.75, 3.05) is 6.54 Å². The van der Waals surface area contributed by atoms with Crippen molar-refractivity contribution in [3.63, 3.8) is 0 Å². The number of aromatic hydroxyl groups is 1. The summed E-state index contributed by atoms with van der Waals surface area (Å²) in [7, 11) is 0. The molecule has 0 atom stereocenters. The van der Waals surface area contributed by atoms with Crippen LogP contribution in [0.1, 0.15) is 12.5 Å². The lowest BCUT2D eigenvalue weighted by atomic mass is 10.2. The van der Waals surface area contributed by atoms with Gasteiger partial charge in [-0.15, -0.1) is 0 Å². The molecule has 1 aromatic carbocycles. The van der Waals surface area contributed by atoms with Crippen molar-refractivity contribution in [1.29, 1.82) is 0 Å². The van der Waals surface area contributed by atoms with Crippen LogP contribution in [-0.4, -0.2) is 32.6 Å². The number of benzene rings is 1. The van der Waals surface area contributed by atoms with Gasteiger partial charge in [0.15, 0.2) is 5.17 Å². The van der Waals surface area contributed by atoms with Gasteiger partial charge in [0.1, 0.15) is 5.75 Å². The van der Waals surface area contributed by atoms with Gasteiger partial charge in [-0.1, -0.05) is 6.07 Å². The van der Waals surface area contributed by atoms with Gasteiger partial charge in [-0.2, -0.15) is 0 Å². The molecular weight excluding hydrogens is 310 g/mol. The molecule has 0 radical (unpaired) electrons. The van der Waals surface area contributed by atoms with Crippen LogP contribution in [0.3, 0.4) is 0 Å². The van der Waals surface area contributed by atoms with Crippen LogP contribution in [-0.2, 0) is 4.79 Å². The van der Waals surface area contributed by atoms with Gasteiger partial charge in [-0.3, -0.25) is 14.7 Å². The number of phenols is 1. The molecule has 6 heteroatoms. The van der Waals surface area contributed by atoms with Crippen molar-refractivity contribution in [2.45, 2.75) is 6.92 Å². The first-order chi connectivity index (χ1) is 11.2. The number of pyridine rings is 1. The van der Waals surface area contributed by atoms with E-state index >= 15 is 0 Å². The largest absolute Gasteiger partial charge is 0.508 e. The molecule has 23 heavy (non-hydrogen) atoms.